The van der Waals surface area contributed by atoms with Crippen LogP contribution in [0.3, 0.4) is 0 Å². The van der Waals surface area contributed by atoms with Gasteiger partial charge in [0.1, 0.15) is 16.7 Å². The van der Waals surface area contributed by atoms with Crippen molar-refractivity contribution in [2.75, 3.05) is 12.3 Å². The summed E-state index contributed by atoms with van der Waals surface area (Å²) in [5.74, 6) is -1.12. The first-order chi connectivity index (χ1) is 17.6. The molecule has 0 fully saturated rings. The van der Waals surface area contributed by atoms with Gasteiger partial charge in [-0.25, -0.2) is 0 Å². The smallest absolute Gasteiger partial charge is 0.270 e. The maximum atomic E-state index is 14.0. The van der Waals surface area contributed by atoms with Gasteiger partial charge in [0.2, 0.25) is 5.91 Å². The van der Waals surface area contributed by atoms with Crippen LogP contribution in [0.1, 0.15) is 71.4 Å². The number of nitrogen functional groups attached to an aromatic ring is 1. The molecule has 10 nitrogen and oxygen atoms in total. The topological polar surface area (TPSA) is 154 Å². The Morgan fingerprint density at radius 3 is 2.41 bits per heavy atom. The number of anilines is 1. The summed E-state index contributed by atoms with van der Waals surface area (Å²) in [7, 11) is 0. The fraction of sp³-hybridized carbons (Fsp3) is 0.346. The van der Waals surface area contributed by atoms with Crippen LogP contribution in [0.15, 0.2) is 48.8 Å². The van der Waals surface area contributed by atoms with Crippen molar-refractivity contribution in [2.24, 2.45) is 5.73 Å². The van der Waals surface area contributed by atoms with Crippen molar-refractivity contribution in [3.63, 3.8) is 0 Å². The molecule has 11 heteroatoms. The van der Waals surface area contributed by atoms with Crippen LogP contribution in [0.2, 0.25) is 0 Å². The Balaban J connectivity index is 2.14. The van der Waals surface area contributed by atoms with Crippen molar-refractivity contribution in [3.05, 3.63) is 70.5 Å². The number of hydrogen-bond acceptors (Lipinski definition) is 8. The standard InChI is InChI=1S/C26H32N6O4S/c1-5-26(3,4)30-24(34)21(17-9-11-18(12-10-17)36-6-2)32(15-16-8-7-13-29-14-16)25(35)22-19(27)20(23(28)33)31-37-22/h7-14,21H,5-6,15,27H2,1-4H3,(H2,28,33)(H,30,34). The molecular formula is C26H32N6O4S. The molecule has 37 heavy (non-hydrogen) atoms. The highest BCUT2D eigenvalue weighted by molar-refractivity contribution is 7.09. The molecule has 2 heterocycles. The summed E-state index contributed by atoms with van der Waals surface area (Å²) in [6.45, 7) is 8.21. The lowest BCUT2D eigenvalue weighted by Crippen LogP contribution is -2.50. The van der Waals surface area contributed by atoms with Crippen LogP contribution in [0.5, 0.6) is 5.75 Å². The third-order valence-electron chi connectivity index (χ3n) is 5.90. The molecule has 0 spiro atoms. The molecule has 2 aromatic heterocycles. The van der Waals surface area contributed by atoms with Crippen LogP contribution in [0.4, 0.5) is 5.69 Å². The van der Waals surface area contributed by atoms with Gasteiger partial charge in [0.05, 0.1) is 12.3 Å². The van der Waals surface area contributed by atoms with Gasteiger partial charge in [-0.15, -0.1) is 0 Å². The first kappa shape index (κ1) is 27.6. The highest BCUT2D eigenvalue weighted by atomic mass is 32.1. The lowest BCUT2D eigenvalue weighted by atomic mass is 9.98. The van der Waals surface area contributed by atoms with E-state index in [0.717, 1.165) is 11.5 Å². The van der Waals surface area contributed by atoms with Gasteiger partial charge in [-0.05, 0) is 68.1 Å². The number of nitrogens with one attached hydrogen (secondary N) is 1. The summed E-state index contributed by atoms with van der Waals surface area (Å²) in [5, 5.41) is 3.06. The second-order valence-corrected chi connectivity index (χ2v) is 9.84. The number of nitrogens with zero attached hydrogens (tertiary/aromatic N) is 3. The molecule has 5 N–H and O–H groups in total. The van der Waals surface area contributed by atoms with Crippen molar-refractivity contribution in [2.45, 2.75) is 52.2 Å². The van der Waals surface area contributed by atoms with E-state index in [1.54, 1.807) is 48.8 Å². The van der Waals surface area contributed by atoms with Gasteiger partial charge in [-0.3, -0.25) is 19.4 Å². The fourth-order valence-corrected chi connectivity index (χ4v) is 4.37. The first-order valence-corrected chi connectivity index (χ1v) is 12.6. The van der Waals surface area contributed by atoms with E-state index in [1.165, 1.54) is 4.90 Å². The number of carbonyl (C=O) groups excluding carboxylic acids is 3. The Labute approximate surface area is 220 Å². The molecule has 1 atom stereocenters. The molecule has 3 rings (SSSR count). The molecule has 0 saturated carbocycles. The van der Waals surface area contributed by atoms with Crippen molar-refractivity contribution >= 4 is 34.9 Å². The summed E-state index contributed by atoms with van der Waals surface area (Å²) in [6.07, 6.45) is 3.92. The minimum atomic E-state index is -1.03. The van der Waals surface area contributed by atoms with E-state index in [0.29, 0.717) is 29.9 Å². The zero-order valence-corrected chi connectivity index (χ0v) is 22.2. The zero-order valence-electron chi connectivity index (χ0n) is 21.4. The van der Waals surface area contributed by atoms with Crippen molar-refractivity contribution in [3.8, 4) is 5.75 Å². The second-order valence-electron chi connectivity index (χ2n) is 9.06. The number of benzene rings is 1. The second kappa shape index (κ2) is 11.8. The summed E-state index contributed by atoms with van der Waals surface area (Å²) in [5.41, 5.74) is 11.9. The minimum absolute atomic E-state index is 0.0242. The Kier molecular flexibility index (Phi) is 8.82. The van der Waals surface area contributed by atoms with Crippen molar-refractivity contribution in [1.82, 2.24) is 19.6 Å². The van der Waals surface area contributed by atoms with Crippen LogP contribution in [0, 0.1) is 0 Å². The van der Waals surface area contributed by atoms with Gasteiger partial charge >= 0.3 is 0 Å². The van der Waals surface area contributed by atoms with Crippen molar-refractivity contribution < 1.29 is 19.1 Å². The number of aromatic nitrogens is 2. The molecule has 0 aliphatic carbocycles. The predicted octanol–water partition coefficient (Wildman–Crippen LogP) is 3.31. The number of hydrogen-bond donors (Lipinski definition) is 3. The van der Waals surface area contributed by atoms with Crippen LogP contribution in [-0.2, 0) is 11.3 Å². The van der Waals surface area contributed by atoms with Gasteiger partial charge in [0.15, 0.2) is 5.69 Å². The number of nitrogens with two attached hydrogens (primary N) is 2. The summed E-state index contributed by atoms with van der Waals surface area (Å²) < 4.78 is 9.53. The van der Waals surface area contributed by atoms with E-state index in [4.69, 9.17) is 16.2 Å². The third-order valence-corrected chi connectivity index (χ3v) is 6.76. The van der Waals surface area contributed by atoms with E-state index >= 15 is 0 Å². The molecule has 0 bridgehead atoms. The number of pyridine rings is 1. The van der Waals surface area contributed by atoms with Crippen LogP contribution in [-0.4, -0.2) is 44.1 Å². The van der Waals surface area contributed by atoms with Gasteiger partial charge < -0.3 is 26.4 Å². The zero-order chi connectivity index (χ0) is 27.2. The SMILES string of the molecule is CCOc1ccc(C(C(=O)NC(C)(C)CC)N(Cc2cccnc2)C(=O)c2snc(C(N)=O)c2N)cc1. The van der Waals surface area contributed by atoms with Crippen LogP contribution < -0.4 is 21.5 Å². The Bertz CT molecular complexity index is 1240. The average Bonchev–Trinajstić information content (AvgIpc) is 3.26. The Hall–Kier alpha value is -3.99. The van der Waals surface area contributed by atoms with Gasteiger partial charge in [0, 0.05) is 24.5 Å². The monoisotopic (exact) mass is 524 g/mol. The highest BCUT2D eigenvalue weighted by Gasteiger charge is 2.36. The molecule has 1 unspecified atom stereocenters. The third kappa shape index (κ3) is 6.62. The number of ether oxygens (including phenoxy) is 1. The van der Waals surface area contributed by atoms with E-state index in [2.05, 4.69) is 14.7 Å². The summed E-state index contributed by atoms with van der Waals surface area (Å²) >= 11 is 0.768. The molecule has 196 valence electrons. The summed E-state index contributed by atoms with van der Waals surface area (Å²) in [4.78, 5) is 45.1. The predicted molar refractivity (Wildman–Crippen MR) is 142 cm³/mol. The molecule has 1 aromatic carbocycles. The molecule has 0 radical (unpaired) electrons. The normalized spacial score (nSPS) is 12.0. The Morgan fingerprint density at radius 2 is 1.86 bits per heavy atom. The van der Waals surface area contributed by atoms with E-state index in [1.807, 2.05) is 27.7 Å². The maximum Gasteiger partial charge on any atom is 0.270 e. The van der Waals surface area contributed by atoms with Gasteiger partial charge in [-0.1, -0.05) is 25.1 Å². The number of carbonyl (C=O) groups is 3. The van der Waals surface area contributed by atoms with E-state index in [-0.39, 0.29) is 28.7 Å². The van der Waals surface area contributed by atoms with Crippen LogP contribution >= 0.6 is 11.5 Å². The molecule has 0 aliphatic rings. The van der Waals surface area contributed by atoms with E-state index in [9.17, 15) is 14.4 Å². The first-order valence-electron chi connectivity index (χ1n) is 11.9. The minimum Gasteiger partial charge on any atom is -0.494 e. The van der Waals surface area contributed by atoms with Crippen LogP contribution in [0.25, 0.3) is 0 Å². The van der Waals surface area contributed by atoms with Gasteiger partial charge in [0.25, 0.3) is 11.8 Å². The highest BCUT2D eigenvalue weighted by Crippen LogP contribution is 2.31. The maximum absolute atomic E-state index is 14.0. The lowest BCUT2D eigenvalue weighted by molar-refractivity contribution is -0.127. The van der Waals surface area contributed by atoms with E-state index < -0.39 is 23.4 Å². The summed E-state index contributed by atoms with van der Waals surface area (Å²) in [6, 6.07) is 9.53. The fourth-order valence-electron chi connectivity index (χ4n) is 3.60. The number of primary amides is 1. The lowest BCUT2D eigenvalue weighted by Gasteiger charge is -2.34. The molecule has 3 amide bonds. The number of amides is 3. The number of rotatable bonds is 11. The molecule has 0 saturated heterocycles. The quantitative estimate of drug-likeness (QED) is 0.348. The van der Waals surface area contributed by atoms with Gasteiger partial charge in [-0.2, -0.15) is 4.37 Å². The molecule has 0 aliphatic heterocycles. The largest absolute Gasteiger partial charge is 0.494 e. The molecular weight excluding hydrogens is 492 g/mol. The molecule has 3 aromatic rings. The average molecular weight is 525 g/mol. The Morgan fingerprint density at radius 1 is 1.16 bits per heavy atom. The van der Waals surface area contributed by atoms with Crippen molar-refractivity contribution in [1.29, 1.82) is 0 Å².